The van der Waals surface area contributed by atoms with E-state index in [0.717, 1.165) is 37.3 Å². The van der Waals surface area contributed by atoms with Gasteiger partial charge < -0.3 is 15.5 Å². The molecule has 1 aliphatic heterocycles. The van der Waals surface area contributed by atoms with Crippen LogP contribution in [0.15, 0.2) is 6.33 Å². The Kier molecular flexibility index (Phi) is 4.33. The summed E-state index contributed by atoms with van der Waals surface area (Å²) < 4.78 is 5.55. The number of rotatable bonds is 5. The van der Waals surface area contributed by atoms with E-state index < -0.39 is 0 Å². The number of hydrogen-bond donors (Lipinski definition) is 3. The number of hydrazine groups is 1. The highest BCUT2D eigenvalue weighted by atomic mass is 16.5. The zero-order valence-corrected chi connectivity index (χ0v) is 10.9. The Morgan fingerprint density at radius 1 is 1.44 bits per heavy atom. The second kappa shape index (κ2) is 5.97. The number of nitrogens with zero attached hydrogens (tertiary/aromatic N) is 2. The van der Waals surface area contributed by atoms with E-state index in [1.165, 1.54) is 6.33 Å². The van der Waals surface area contributed by atoms with Gasteiger partial charge in [0, 0.05) is 12.2 Å². The molecule has 2 atom stereocenters. The molecule has 2 rings (SSSR count). The highest BCUT2D eigenvalue weighted by Crippen LogP contribution is 2.24. The molecule has 6 nitrogen and oxygen atoms in total. The number of nitrogens with two attached hydrogens (primary N) is 1. The predicted octanol–water partition coefficient (Wildman–Crippen LogP) is 1.30. The summed E-state index contributed by atoms with van der Waals surface area (Å²) in [6.07, 6.45) is 4.65. The Morgan fingerprint density at radius 2 is 2.22 bits per heavy atom. The molecule has 0 saturated carbocycles. The molecule has 0 aliphatic carbocycles. The summed E-state index contributed by atoms with van der Waals surface area (Å²) in [5.74, 6) is 7.05. The van der Waals surface area contributed by atoms with Gasteiger partial charge in [-0.05, 0) is 19.8 Å². The van der Waals surface area contributed by atoms with Crippen LogP contribution >= 0.6 is 0 Å². The van der Waals surface area contributed by atoms with Crippen LogP contribution in [-0.2, 0) is 11.2 Å². The van der Waals surface area contributed by atoms with E-state index in [1.54, 1.807) is 0 Å². The van der Waals surface area contributed by atoms with E-state index in [4.69, 9.17) is 10.6 Å². The van der Waals surface area contributed by atoms with Crippen LogP contribution in [0.4, 0.5) is 11.6 Å². The van der Waals surface area contributed by atoms with Crippen molar-refractivity contribution in [1.82, 2.24) is 9.97 Å². The molecular formula is C12H21N5O. The first kappa shape index (κ1) is 13.0. The third kappa shape index (κ3) is 2.70. The van der Waals surface area contributed by atoms with Gasteiger partial charge in [-0.3, -0.25) is 0 Å². The number of nitrogen functional groups attached to an aromatic ring is 1. The average Bonchev–Trinajstić information content (AvgIpc) is 2.77. The quantitative estimate of drug-likeness (QED) is 0.540. The monoisotopic (exact) mass is 251 g/mol. The summed E-state index contributed by atoms with van der Waals surface area (Å²) in [5, 5.41) is 3.45. The topological polar surface area (TPSA) is 85.1 Å². The number of aromatic nitrogens is 2. The van der Waals surface area contributed by atoms with Crippen molar-refractivity contribution < 1.29 is 4.74 Å². The molecule has 0 bridgehead atoms. The highest BCUT2D eigenvalue weighted by molar-refractivity contribution is 5.57. The van der Waals surface area contributed by atoms with E-state index in [-0.39, 0.29) is 6.10 Å². The molecule has 1 aromatic rings. The molecule has 100 valence electrons. The fourth-order valence-electron chi connectivity index (χ4n) is 2.24. The number of hydrogen-bond acceptors (Lipinski definition) is 6. The molecular weight excluding hydrogens is 230 g/mol. The fraction of sp³-hybridized carbons (Fsp3) is 0.667. The Labute approximate surface area is 107 Å². The van der Waals surface area contributed by atoms with Crippen molar-refractivity contribution >= 4 is 11.6 Å². The van der Waals surface area contributed by atoms with Crippen LogP contribution in [0.1, 0.15) is 32.3 Å². The van der Waals surface area contributed by atoms with Crippen LogP contribution in [0, 0.1) is 0 Å². The summed E-state index contributed by atoms with van der Waals surface area (Å²) in [6, 6.07) is 0.307. The average molecular weight is 251 g/mol. The first-order chi connectivity index (χ1) is 8.76. The molecule has 0 radical (unpaired) electrons. The molecule has 1 aliphatic rings. The van der Waals surface area contributed by atoms with Gasteiger partial charge in [0.25, 0.3) is 0 Å². The number of anilines is 2. The number of nitrogens with one attached hydrogen (secondary N) is 2. The van der Waals surface area contributed by atoms with Crippen LogP contribution in [-0.4, -0.2) is 28.7 Å². The van der Waals surface area contributed by atoms with Gasteiger partial charge in [0.15, 0.2) is 0 Å². The lowest BCUT2D eigenvalue weighted by atomic mass is 10.1. The lowest BCUT2D eigenvalue weighted by Gasteiger charge is -2.19. The Hall–Kier alpha value is -1.40. The summed E-state index contributed by atoms with van der Waals surface area (Å²) >= 11 is 0. The smallest absolute Gasteiger partial charge is 0.148 e. The molecule has 6 heteroatoms. The normalized spacial score (nSPS) is 23.1. The summed E-state index contributed by atoms with van der Waals surface area (Å²) in [4.78, 5) is 8.48. The maximum absolute atomic E-state index is 5.55. The third-order valence-corrected chi connectivity index (χ3v) is 3.28. The van der Waals surface area contributed by atoms with Crippen molar-refractivity contribution in [2.45, 2.75) is 45.3 Å². The van der Waals surface area contributed by atoms with Crippen molar-refractivity contribution in [2.75, 3.05) is 17.3 Å². The van der Waals surface area contributed by atoms with E-state index in [9.17, 15) is 0 Å². The van der Waals surface area contributed by atoms with Gasteiger partial charge in [-0.2, -0.15) is 0 Å². The summed E-state index contributed by atoms with van der Waals surface area (Å²) in [5.41, 5.74) is 3.68. The van der Waals surface area contributed by atoms with E-state index >= 15 is 0 Å². The molecule has 0 amide bonds. The predicted molar refractivity (Wildman–Crippen MR) is 71.3 cm³/mol. The van der Waals surface area contributed by atoms with Gasteiger partial charge in [0.2, 0.25) is 0 Å². The minimum Gasteiger partial charge on any atom is -0.376 e. The lowest BCUT2D eigenvalue weighted by Crippen LogP contribution is -2.28. The molecule has 0 spiro atoms. The van der Waals surface area contributed by atoms with Crippen LogP contribution in [0.2, 0.25) is 0 Å². The Balaban J connectivity index is 2.20. The molecule has 1 saturated heterocycles. The van der Waals surface area contributed by atoms with E-state index in [0.29, 0.717) is 11.9 Å². The second-order valence-corrected chi connectivity index (χ2v) is 4.56. The first-order valence-electron chi connectivity index (χ1n) is 6.44. The minimum atomic E-state index is 0.212. The minimum absolute atomic E-state index is 0.212. The zero-order chi connectivity index (χ0) is 13.0. The third-order valence-electron chi connectivity index (χ3n) is 3.28. The molecule has 18 heavy (non-hydrogen) atoms. The molecule has 1 fully saturated rings. The zero-order valence-electron chi connectivity index (χ0n) is 10.9. The van der Waals surface area contributed by atoms with Crippen LogP contribution < -0.4 is 16.6 Å². The maximum atomic E-state index is 5.55. The maximum Gasteiger partial charge on any atom is 0.148 e. The Bertz CT molecular complexity index is 398. The second-order valence-electron chi connectivity index (χ2n) is 4.56. The van der Waals surface area contributed by atoms with Gasteiger partial charge >= 0.3 is 0 Å². The number of ether oxygens (including phenoxy) is 1. The van der Waals surface area contributed by atoms with Crippen molar-refractivity contribution in [3.63, 3.8) is 0 Å². The lowest BCUT2D eigenvalue weighted by molar-refractivity contribution is 0.121. The molecule has 1 aromatic heterocycles. The fourth-order valence-corrected chi connectivity index (χ4v) is 2.24. The van der Waals surface area contributed by atoms with Crippen molar-refractivity contribution in [2.24, 2.45) is 5.84 Å². The Morgan fingerprint density at radius 3 is 2.83 bits per heavy atom. The SMILES string of the molecule is CCCc1c(NN)ncnc1NC1CCOC1C. The van der Waals surface area contributed by atoms with Gasteiger partial charge in [0.1, 0.15) is 18.0 Å². The summed E-state index contributed by atoms with van der Waals surface area (Å²) in [6.45, 7) is 5.00. The molecule has 2 heterocycles. The van der Waals surface area contributed by atoms with Gasteiger partial charge in [-0.1, -0.05) is 13.3 Å². The van der Waals surface area contributed by atoms with Gasteiger partial charge in [0.05, 0.1) is 12.1 Å². The van der Waals surface area contributed by atoms with Crippen LogP contribution in [0.3, 0.4) is 0 Å². The largest absolute Gasteiger partial charge is 0.376 e. The highest BCUT2D eigenvalue weighted by Gasteiger charge is 2.25. The summed E-state index contributed by atoms with van der Waals surface area (Å²) in [7, 11) is 0. The van der Waals surface area contributed by atoms with Crippen molar-refractivity contribution in [3.8, 4) is 0 Å². The molecule has 4 N–H and O–H groups in total. The standard InChI is InChI=1S/C12H21N5O/c1-3-4-9-11(14-7-15-12(9)17-13)16-10-5-6-18-8(10)2/h7-8,10H,3-6,13H2,1-2H3,(H2,14,15,16,17). The van der Waals surface area contributed by atoms with Crippen molar-refractivity contribution in [1.29, 1.82) is 0 Å². The van der Waals surface area contributed by atoms with Crippen LogP contribution in [0.5, 0.6) is 0 Å². The van der Waals surface area contributed by atoms with Crippen molar-refractivity contribution in [3.05, 3.63) is 11.9 Å². The molecule has 2 unspecified atom stereocenters. The van der Waals surface area contributed by atoms with E-state index in [1.807, 2.05) is 0 Å². The van der Waals surface area contributed by atoms with Gasteiger partial charge in [-0.15, -0.1) is 0 Å². The van der Waals surface area contributed by atoms with Crippen LogP contribution in [0.25, 0.3) is 0 Å². The first-order valence-corrected chi connectivity index (χ1v) is 6.44. The molecule has 0 aromatic carbocycles. The van der Waals surface area contributed by atoms with E-state index in [2.05, 4.69) is 34.6 Å². The van der Waals surface area contributed by atoms with Gasteiger partial charge in [-0.25, -0.2) is 15.8 Å².